The lowest BCUT2D eigenvalue weighted by molar-refractivity contribution is -0.149. The molecule has 0 aromatic carbocycles. The quantitative estimate of drug-likeness (QED) is 0.412. The minimum absolute atomic E-state index is 0.0713. The predicted octanol–water partition coefficient (Wildman–Crippen LogP) is 2.62. The topological polar surface area (TPSA) is 110 Å². The molecule has 0 amide bonds. The van der Waals surface area contributed by atoms with Crippen LogP contribution in [0.3, 0.4) is 0 Å². The molecule has 0 aromatic rings. The Morgan fingerprint density at radius 1 is 0.958 bits per heavy atom. The Morgan fingerprint density at radius 2 is 1.54 bits per heavy atom. The molecule has 0 aliphatic rings. The lowest BCUT2D eigenvalue weighted by atomic mass is 10.0. The van der Waals surface area contributed by atoms with Crippen LogP contribution in [0.4, 0.5) is 0 Å². The maximum absolute atomic E-state index is 10.5. The summed E-state index contributed by atoms with van der Waals surface area (Å²) in [7, 11) is 1.60. The minimum atomic E-state index is -1.32. The van der Waals surface area contributed by atoms with E-state index in [4.69, 9.17) is 19.7 Å². The van der Waals surface area contributed by atoms with Crippen molar-refractivity contribution in [3.8, 4) is 0 Å². The summed E-state index contributed by atoms with van der Waals surface area (Å²) in [5, 5.41) is 16.8. The third-order valence-electron chi connectivity index (χ3n) is 2.96. The monoisotopic (exact) mass is 348 g/mol. The Bertz CT molecular complexity index is 364. The zero-order chi connectivity index (χ0) is 19.1. The van der Waals surface area contributed by atoms with Gasteiger partial charge in [0.15, 0.2) is 0 Å². The van der Waals surface area contributed by atoms with Gasteiger partial charge in [0.2, 0.25) is 5.78 Å². The molecule has 0 rings (SSSR count). The first-order valence-corrected chi connectivity index (χ1v) is 8.18. The molecule has 24 heavy (non-hydrogen) atoms. The third kappa shape index (κ3) is 18.6. The highest BCUT2D eigenvalue weighted by Crippen LogP contribution is 2.11. The molecule has 0 aliphatic heterocycles. The van der Waals surface area contributed by atoms with Gasteiger partial charge < -0.3 is 19.7 Å². The molecule has 2 N–H and O–H groups in total. The molecule has 0 fully saturated rings. The van der Waals surface area contributed by atoms with Crippen LogP contribution in [-0.2, 0) is 23.9 Å². The molecule has 0 spiro atoms. The van der Waals surface area contributed by atoms with Gasteiger partial charge in [-0.25, -0.2) is 4.79 Å². The Hall–Kier alpha value is -1.47. The van der Waals surface area contributed by atoms with Gasteiger partial charge in [-0.15, -0.1) is 0 Å². The standard InChI is InChI=1S/C10H20O4.C7H12O3/c1-8(2)6-9(7-10(11)12)14-5-4-13-3;1-5(2)3-4-6(8)7(9)10/h8-9H,4-7H2,1-3H3,(H,11,12);5H,3-4H2,1-2H3,(H,9,10). The lowest BCUT2D eigenvalue weighted by Gasteiger charge is -2.17. The van der Waals surface area contributed by atoms with Crippen LogP contribution in [0.15, 0.2) is 0 Å². The number of carboxylic acids is 2. The van der Waals surface area contributed by atoms with Gasteiger partial charge in [0.05, 0.1) is 25.7 Å². The number of carbonyl (C=O) groups excluding carboxylic acids is 1. The van der Waals surface area contributed by atoms with E-state index in [2.05, 4.69) is 13.8 Å². The first-order chi connectivity index (χ1) is 11.1. The van der Waals surface area contributed by atoms with E-state index in [1.54, 1.807) is 7.11 Å². The molecular formula is C17H32O7. The number of carboxylic acid groups (broad SMARTS) is 2. The van der Waals surface area contributed by atoms with Crippen LogP contribution in [0.25, 0.3) is 0 Å². The van der Waals surface area contributed by atoms with Gasteiger partial charge in [0.1, 0.15) is 0 Å². The zero-order valence-electron chi connectivity index (χ0n) is 15.4. The van der Waals surface area contributed by atoms with Crippen molar-refractivity contribution < 1.29 is 34.1 Å². The molecule has 0 radical (unpaired) electrons. The van der Waals surface area contributed by atoms with Gasteiger partial charge in [-0.3, -0.25) is 9.59 Å². The summed E-state index contributed by atoms with van der Waals surface area (Å²) < 4.78 is 10.2. The number of ketones is 1. The second-order valence-corrected chi connectivity index (χ2v) is 6.37. The smallest absolute Gasteiger partial charge is 0.372 e. The molecular weight excluding hydrogens is 316 g/mol. The lowest BCUT2D eigenvalue weighted by Crippen LogP contribution is -2.21. The Morgan fingerprint density at radius 3 is 1.92 bits per heavy atom. The number of carbonyl (C=O) groups is 3. The van der Waals surface area contributed by atoms with Gasteiger partial charge in [-0.1, -0.05) is 27.7 Å². The molecule has 142 valence electrons. The first kappa shape index (κ1) is 24.8. The molecule has 1 unspecified atom stereocenters. The van der Waals surface area contributed by atoms with E-state index in [1.807, 2.05) is 13.8 Å². The zero-order valence-corrected chi connectivity index (χ0v) is 15.4. The summed E-state index contributed by atoms with van der Waals surface area (Å²) in [5.41, 5.74) is 0. The van der Waals surface area contributed by atoms with Crippen molar-refractivity contribution in [2.45, 2.75) is 59.5 Å². The summed E-state index contributed by atoms with van der Waals surface area (Å²) in [6.07, 6.45) is 1.47. The van der Waals surface area contributed by atoms with E-state index in [0.717, 1.165) is 6.42 Å². The van der Waals surface area contributed by atoms with Gasteiger partial charge in [-0.05, 0) is 24.7 Å². The number of hydrogen-bond donors (Lipinski definition) is 2. The fourth-order valence-corrected chi connectivity index (χ4v) is 1.76. The van der Waals surface area contributed by atoms with Crippen LogP contribution in [0.1, 0.15) is 53.4 Å². The van der Waals surface area contributed by atoms with E-state index in [1.165, 1.54) is 0 Å². The third-order valence-corrected chi connectivity index (χ3v) is 2.96. The Balaban J connectivity index is 0. The maximum atomic E-state index is 10.5. The van der Waals surface area contributed by atoms with E-state index in [0.29, 0.717) is 31.5 Å². The second kappa shape index (κ2) is 15.1. The van der Waals surface area contributed by atoms with Gasteiger partial charge >= 0.3 is 11.9 Å². The molecule has 0 saturated carbocycles. The predicted molar refractivity (Wildman–Crippen MR) is 90.0 cm³/mol. The minimum Gasteiger partial charge on any atom is -0.481 e. The van der Waals surface area contributed by atoms with Crippen LogP contribution >= 0.6 is 0 Å². The molecule has 7 nitrogen and oxygen atoms in total. The van der Waals surface area contributed by atoms with E-state index >= 15 is 0 Å². The van der Waals surface area contributed by atoms with Crippen LogP contribution < -0.4 is 0 Å². The van der Waals surface area contributed by atoms with E-state index < -0.39 is 17.7 Å². The van der Waals surface area contributed by atoms with Gasteiger partial charge in [0, 0.05) is 13.5 Å². The van der Waals surface area contributed by atoms with Crippen molar-refractivity contribution >= 4 is 17.7 Å². The summed E-state index contributed by atoms with van der Waals surface area (Å²) in [4.78, 5) is 30.9. The SMILES string of the molecule is CC(C)CCC(=O)C(=O)O.COCCOC(CC(=O)O)CC(C)C. The molecule has 0 aromatic heterocycles. The molecule has 0 heterocycles. The van der Waals surface area contributed by atoms with Crippen molar-refractivity contribution in [1.82, 2.24) is 0 Å². The van der Waals surface area contributed by atoms with Crippen LogP contribution in [-0.4, -0.2) is 54.4 Å². The normalized spacial score (nSPS) is 11.8. The number of ether oxygens (including phenoxy) is 2. The molecule has 1 atom stereocenters. The molecule has 7 heteroatoms. The van der Waals surface area contributed by atoms with Crippen molar-refractivity contribution in [3.05, 3.63) is 0 Å². The number of aliphatic carboxylic acids is 2. The summed E-state index contributed by atoms with van der Waals surface area (Å²) in [5.74, 6) is -1.98. The fraction of sp³-hybridized carbons (Fsp3) is 0.824. The highest BCUT2D eigenvalue weighted by Gasteiger charge is 2.15. The number of hydrogen-bond acceptors (Lipinski definition) is 5. The highest BCUT2D eigenvalue weighted by atomic mass is 16.5. The van der Waals surface area contributed by atoms with Crippen molar-refractivity contribution in [1.29, 1.82) is 0 Å². The van der Waals surface area contributed by atoms with Crippen molar-refractivity contribution in [2.75, 3.05) is 20.3 Å². The van der Waals surface area contributed by atoms with E-state index in [9.17, 15) is 14.4 Å². The largest absolute Gasteiger partial charge is 0.481 e. The number of rotatable bonds is 12. The van der Waals surface area contributed by atoms with Crippen LogP contribution in [0, 0.1) is 11.8 Å². The van der Waals surface area contributed by atoms with Crippen molar-refractivity contribution in [2.24, 2.45) is 11.8 Å². The molecule has 0 bridgehead atoms. The highest BCUT2D eigenvalue weighted by molar-refractivity contribution is 6.32. The molecule has 0 aliphatic carbocycles. The van der Waals surface area contributed by atoms with E-state index in [-0.39, 0.29) is 18.9 Å². The maximum Gasteiger partial charge on any atom is 0.372 e. The summed E-state index contributed by atoms with van der Waals surface area (Å²) in [6.45, 7) is 8.97. The second-order valence-electron chi connectivity index (χ2n) is 6.37. The number of methoxy groups -OCH3 is 1. The van der Waals surface area contributed by atoms with Crippen LogP contribution in [0.2, 0.25) is 0 Å². The average Bonchev–Trinajstić information content (AvgIpc) is 2.44. The Kier molecular flexibility index (Phi) is 15.6. The fourth-order valence-electron chi connectivity index (χ4n) is 1.76. The van der Waals surface area contributed by atoms with Crippen LogP contribution in [0.5, 0.6) is 0 Å². The average molecular weight is 348 g/mol. The number of Topliss-reactive ketones (excluding diaryl/α,β-unsaturated/α-hetero) is 1. The summed E-state index contributed by atoms with van der Waals surface area (Å²) >= 11 is 0. The van der Waals surface area contributed by atoms with Gasteiger partial charge in [0.25, 0.3) is 0 Å². The van der Waals surface area contributed by atoms with Crippen molar-refractivity contribution in [3.63, 3.8) is 0 Å². The molecule has 0 saturated heterocycles. The first-order valence-electron chi connectivity index (χ1n) is 8.18. The Labute approximate surface area is 144 Å². The summed E-state index contributed by atoms with van der Waals surface area (Å²) in [6, 6.07) is 0. The van der Waals surface area contributed by atoms with Gasteiger partial charge in [-0.2, -0.15) is 0 Å².